The molecule has 0 radical (unpaired) electrons. The molecular weight excluding hydrogens is 326 g/mol. The lowest BCUT2D eigenvalue weighted by Gasteiger charge is -2.09. The fourth-order valence-electron chi connectivity index (χ4n) is 2.59. The van der Waals surface area contributed by atoms with Crippen LogP contribution < -0.4 is 10.0 Å². The Morgan fingerprint density at radius 1 is 1.21 bits per heavy atom. The van der Waals surface area contributed by atoms with Crippen LogP contribution in [-0.2, 0) is 16.6 Å². The number of nitrogens with one attached hydrogen (secondary N) is 2. The predicted octanol–water partition coefficient (Wildman–Crippen LogP) is 2.05. The Kier molecular flexibility index (Phi) is 4.73. The molecule has 0 aliphatic heterocycles. The number of carbonyl (C=O) groups is 1. The summed E-state index contributed by atoms with van der Waals surface area (Å²) in [5, 5.41) is 2.88. The lowest BCUT2D eigenvalue weighted by molar-refractivity contribution is 0.0941. The summed E-state index contributed by atoms with van der Waals surface area (Å²) in [5.74, 6) is -0.115. The average Bonchev–Trinajstić information content (AvgIpc) is 3.29. The van der Waals surface area contributed by atoms with E-state index in [0.717, 1.165) is 18.4 Å². The first-order valence-electron chi connectivity index (χ1n) is 8.05. The largest absolute Gasteiger partial charge is 0.347 e. The van der Waals surface area contributed by atoms with Gasteiger partial charge in [-0.2, -0.15) is 0 Å². The maximum Gasteiger partial charge on any atom is 0.268 e. The molecule has 128 valence electrons. The van der Waals surface area contributed by atoms with E-state index in [0.29, 0.717) is 24.8 Å². The van der Waals surface area contributed by atoms with Crippen molar-refractivity contribution < 1.29 is 13.2 Å². The first-order chi connectivity index (χ1) is 11.5. The zero-order chi connectivity index (χ0) is 17.2. The topological polar surface area (TPSA) is 80.2 Å². The van der Waals surface area contributed by atoms with Crippen LogP contribution in [0, 0.1) is 0 Å². The van der Waals surface area contributed by atoms with E-state index < -0.39 is 10.0 Å². The van der Waals surface area contributed by atoms with Gasteiger partial charge in [0.25, 0.3) is 5.91 Å². The van der Waals surface area contributed by atoms with Gasteiger partial charge in [0.1, 0.15) is 5.69 Å². The summed E-state index contributed by atoms with van der Waals surface area (Å²) in [6.07, 6.45) is 4.18. The van der Waals surface area contributed by atoms with Crippen LogP contribution in [0.5, 0.6) is 0 Å². The summed E-state index contributed by atoms with van der Waals surface area (Å²) in [5.41, 5.74) is 1.52. The third-order valence-corrected chi connectivity index (χ3v) is 5.53. The van der Waals surface area contributed by atoms with Crippen LogP contribution in [0.15, 0.2) is 47.5 Å². The SMILES string of the molecule is CCNS(=O)(=O)c1ccc(CNC(=O)c2cccn2C2CC2)cc1. The summed E-state index contributed by atoms with van der Waals surface area (Å²) >= 11 is 0. The number of nitrogens with zero attached hydrogens (tertiary/aromatic N) is 1. The van der Waals surface area contributed by atoms with E-state index in [1.807, 2.05) is 22.9 Å². The second kappa shape index (κ2) is 6.78. The summed E-state index contributed by atoms with van der Waals surface area (Å²) in [4.78, 5) is 12.5. The van der Waals surface area contributed by atoms with Gasteiger partial charge in [0.05, 0.1) is 4.90 Å². The van der Waals surface area contributed by atoms with E-state index >= 15 is 0 Å². The number of sulfonamides is 1. The fraction of sp³-hybridized carbons (Fsp3) is 0.353. The van der Waals surface area contributed by atoms with Gasteiger partial charge in [0.2, 0.25) is 10.0 Å². The quantitative estimate of drug-likeness (QED) is 0.804. The Bertz CT molecular complexity index is 821. The molecule has 1 aromatic carbocycles. The molecule has 2 aromatic rings. The molecule has 7 heteroatoms. The molecule has 0 atom stereocenters. The zero-order valence-corrected chi connectivity index (χ0v) is 14.3. The third kappa shape index (κ3) is 3.68. The lowest BCUT2D eigenvalue weighted by atomic mass is 10.2. The van der Waals surface area contributed by atoms with Gasteiger partial charge in [-0.15, -0.1) is 0 Å². The van der Waals surface area contributed by atoms with Crippen LogP contribution in [0.25, 0.3) is 0 Å². The number of benzene rings is 1. The number of hydrogen-bond donors (Lipinski definition) is 2. The van der Waals surface area contributed by atoms with Gasteiger partial charge in [-0.1, -0.05) is 19.1 Å². The Hall–Kier alpha value is -2.12. The highest BCUT2D eigenvalue weighted by molar-refractivity contribution is 7.89. The molecule has 1 amide bonds. The van der Waals surface area contributed by atoms with Gasteiger partial charge in [0.15, 0.2) is 0 Å². The van der Waals surface area contributed by atoms with Crippen LogP contribution in [0.2, 0.25) is 0 Å². The molecule has 1 aliphatic carbocycles. The van der Waals surface area contributed by atoms with Gasteiger partial charge in [-0.05, 0) is 42.7 Å². The standard InChI is InChI=1S/C17H21N3O3S/c1-2-19-24(22,23)15-9-5-13(6-10-15)12-18-17(21)16-4-3-11-20(16)14-7-8-14/h3-6,9-11,14,19H,2,7-8,12H2,1H3,(H,18,21). The number of rotatable bonds is 7. The molecule has 1 heterocycles. The van der Waals surface area contributed by atoms with Gasteiger partial charge in [-0.25, -0.2) is 13.1 Å². The van der Waals surface area contributed by atoms with E-state index in [1.54, 1.807) is 31.2 Å². The molecule has 6 nitrogen and oxygen atoms in total. The minimum absolute atomic E-state index is 0.115. The number of aromatic nitrogens is 1. The number of hydrogen-bond acceptors (Lipinski definition) is 3. The molecular formula is C17H21N3O3S. The van der Waals surface area contributed by atoms with Crippen molar-refractivity contribution in [1.82, 2.24) is 14.6 Å². The lowest BCUT2D eigenvalue weighted by Crippen LogP contribution is -2.25. The summed E-state index contributed by atoms with van der Waals surface area (Å²) in [6.45, 7) is 2.44. The van der Waals surface area contributed by atoms with Crippen LogP contribution in [0.3, 0.4) is 0 Å². The van der Waals surface area contributed by atoms with Crippen molar-refractivity contribution in [2.24, 2.45) is 0 Å². The van der Waals surface area contributed by atoms with Crippen molar-refractivity contribution in [2.75, 3.05) is 6.54 Å². The molecule has 3 rings (SSSR count). The first kappa shape index (κ1) is 16.7. The predicted molar refractivity (Wildman–Crippen MR) is 91.2 cm³/mol. The van der Waals surface area contributed by atoms with Gasteiger partial charge < -0.3 is 9.88 Å². The van der Waals surface area contributed by atoms with E-state index in [4.69, 9.17) is 0 Å². The van der Waals surface area contributed by atoms with Crippen LogP contribution in [0.4, 0.5) is 0 Å². The Morgan fingerprint density at radius 2 is 1.92 bits per heavy atom. The summed E-state index contributed by atoms with van der Waals surface area (Å²) < 4.78 is 28.2. The first-order valence-corrected chi connectivity index (χ1v) is 9.53. The van der Waals surface area contributed by atoms with Gasteiger partial charge in [0, 0.05) is 25.3 Å². The highest BCUT2D eigenvalue weighted by Crippen LogP contribution is 2.35. The van der Waals surface area contributed by atoms with E-state index in [-0.39, 0.29) is 10.8 Å². The molecule has 0 bridgehead atoms. The average molecular weight is 347 g/mol. The molecule has 0 unspecified atom stereocenters. The van der Waals surface area contributed by atoms with Crippen LogP contribution >= 0.6 is 0 Å². The smallest absolute Gasteiger partial charge is 0.268 e. The van der Waals surface area contributed by atoms with Crippen molar-refractivity contribution in [2.45, 2.75) is 37.2 Å². The van der Waals surface area contributed by atoms with Gasteiger partial charge in [-0.3, -0.25) is 4.79 Å². The van der Waals surface area contributed by atoms with E-state index in [2.05, 4.69) is 10.0 Å². The Balaban J connectivity index is 1.62. The molecule has 1 aromatic heterocycles. The summed E-state index contributed by atoms with van der Waals surface area (Å²) in [7, 11) is -3.44. The van der Waals surface area contributed by atoms with Crippen LogP contribution in [0.1, 0.15) is 41.9 Å². The summed E-state index contributed by atoms with van der Waals surface area (Å²) in [6, 6.07) is 10.7. The van der Waals surface area contributed by atoms with Crippen molar-refractivity contribution in [3.05, 3.63) is 53.9 Å². The monoisotopic (exact) mass is 347 g/mol. The minimum Gasteiger partial charge on any atom is -0.347 e. The Labute approximate surface area is 141 Å². The minimum atomic E-state index is -3.44. The molecule has 1 saturated carbocycles. The highest BCUT2D eigenvalue weighted by atomic mass is 32.2. The maximum absolute atomic E-state index is 12.3. The van der Waals surface area contributed by atoms with E-state index in [9.17, 15) is 13.2 Å². The fourth-order valence-corrected chi connectivity index (χ4v) is 3.63. The molecule has 24 heavy (non-hydrogen) atoms. The van der Waals surface area contributed by atoms with E-state index in [1.165, 1.54) is 0 Å². The van der Waals surface area contributed by atoms with Crippen LogP contribution in [-0.4, -0.2) is 25.4 Å². The molecule has 1 aliphatic rings. The Morgan fingerprint density at radius 3 is 2.54 bits per heavy atom. The molecule has 1 fully saturated rings. The third-order valence-electron chi connectivity index (χ3n) is 3.97. The number of amides is 1. The van der Waals surface area contributed by atoms with Gasteiger partial charge >= 0.3 is 0 Å². The maximum atomic E-state index is 12.3. The van der Waals surface area contributed by atoms with Crippen molar-refractivity contribution in [3.8, 4) is 0 Å². The van der Waals surface area contributed by atoms with Crippen molar-refractivity contribution in [1.29, 1.82) is 0 Å². The second-order valence-electron chi connectivity index (χ2n) is 5.86. The highest BCUT2D eigenvalue weighted by Gasteiger charge is 2.26. The number of carbonyl (C=O) groups excluding carboxylic acids is 1. The van der Waals surface area contributed by atoms with Crippen molar-refractivity contribution in [3.63, 3.8) is 0 Å². The van der Waals surface area contributed by atoms with Crippen molar-refractivity contribution >= 4 is 15.9 Å². The normalized spacial score (nSPS) is 14.5. The molecule has 2 N–H and O–H groups in total. The second-order valence-corrected chi connectivity index (χ2v) is 7.63. The zero-order valence-electron chi connectivity index (χ0n) is 13.5. The molecule has 0 saturated heterocycles. The molecule has 0 spiro atoms.